The zero-order chi connectivity index (χ0) is 17.8. The predicted molar refractivity (Wildman–Crippen MR) is 107 cm³/mol. The zero-order valence-corrected chi connectivity index (χ0v) is 16.8. The highest BCUT2D eigenvalue weighted by Gasteiger charge is 2.27. The van der Waals surface area contributed by atoms with Crippen molar-refractivity contribution in [3.05, 3.63) is 29.8 Å². The number of nitrogens with one attached hydrogen (secondary N) is 1. The van der Waals surface area contributed by atoms with Gasteiger partial charge in [-0.15, -0.1) is 11.8 Å². The minimum atomic E-state index is -0.498. The highest BCUT2D eigenvalue weighted by atomic mass is 32.2. The summed E-state index contributed by atoms with van der Waals surface area (Å²) in [5, 5.41) is 3.44. The molecule has 24 heavy (non-hydrogen) atoms. The van der Waals surface area contributed by atoms with E-state index in [4.69, 9.17) is 0 Å². The van der Waals surface area contributed by atoms with E-state index in [1.807, 2.05) is 37.7 Å². The second-order valence-corrected chi connectivity index (χ2v) is 8.19. The van der Waals surface area contributed by atoms with Gasteiger partial charge in [0, 0.05) is 10.5 Å². The van der Waals surface area contributed by atoms with Gasteiger partial charge >= 0.3 is 0 Å². The van der Waals surface area contributed by atoms with Crippen LogP contribution >= 0.6 is 11.8 Å². The fourth-order valence-electron chi connectivity index (χ4n) is 2.61. The Morgan fingerprint density at radius 2 is 1.58 bits per heavy atom. The average molecular weight is 350 g/mol. The highest BCUT2D eigenvalue weighted by molar-refractivity contribution is 7.99. The van der Waals surface area contributed by atoms with Crippen LogP contribution < -0.4 is 5.32 Å². The molecule has 1 N–H and O–H groups in total. The number of thioether (sulfide) groups is 1. The molecule has 0 radical (unpaired) electrons. The molecule has 0 aromatic heterocycles. The minimum absolute atomic E-state index is 0.182. The van der Waals surface area contributed by atoms with E-state index in [0.29, 0.717) is 0 Å². The molecule has 0 aliphatic carbocycles. The Bertz CT molecular complexity index is 467. The number of ketones is 1. The predicted octanol–water partition coefficient (Wildman–Crippen LogP) is 6.10. The summed E-state index contributed by atoms with van der Waals surface area (Å²) in [4.78, 5) is 14.0. The number of hydrogen-bond acceptors (Lipinski definition) is 3. The van der Waals surface area contributed by atoms with Gasteiger partial charge in [0.15, 0.2) is 5.78 Å². The molecule has 0 heterocycles. The molecule has 1 aromatic carbocycles. The van der Waals surface area contributed by atoms with Crippen LogP contribution in [0.4, 0.5) is 0 Å². The van der Waals surface area contributed by atoms with Gasteiger partial charge in [-0.25, -0.2) is 0 Å². The summed E-state index contributed by atoms with van der Waals surface area (Å²) in [5.74, 6) is 1.33. The summed E-state index contributed by atoms with van der Waals surface area (Å²) in [5.41, 5.74) is 0.306. The Morgan fingerprint density at radius 1 is 0.958 bits per heavy atom. The molecular formula is C21H35NOS. The van der Waals surface area contributed by atoms with E-state index >= 15 is 0 Å². The van der Waals surface area contributed by atoms with Crippen molar-refractivity contribution >= 4 is 17.5 Å². The number of carbonyl (C=O) groups excluding carboxylic acids is 1. The Kier molecular flexibility index (Phi) is 10.4. The van der Waals surface area contributed by atoms with Crippen LogP contribution in [0.1, 0.15) is 83.0 Å². The topological polar surface area (TPSA) is 29.1 Å². The summed E-state index contributed by atoms with van der Waals surface area (Å²) in [6.07, 6.45) is 8.72. The molecule has 2 nitrogen and oxygen atoms in total. The molecule has 1 aromatic rings. The summed E-state index contributed by atoms with van der Waals surface area (Å²) in [6.45, 7) is 9.33. The van der Waals surface area contributed by atoms with Gasteiger partial charge in [0.1, 0.15) is 0 Å². The molecule has 0 bridgehead atoms. The monoisotopic (exact) mass is 349 g/mol. The van der Waals surface area contributed by atoms with Crippen LogP contribution in [0.15, 0.2) is 29.2 Å². The van der Waals surface area contributed by atoms with Gasteiger partial charge in [-0.1, -0.05) is 58.1 Å². The quantitative estimate of drug-likeness (QED) is 0.265. The van der Waals surface area contributed by atoms with Crippen LogP contribution in [0, 0.1) is 0 Å². The Labute approximate surface area is 153 Å². The molecular weight excluding hydrogens is 314 g/mol. The molecule has 0 fully saturated rings. The van der Waals surface area contributed by atoms with Crippen LogP contribution in [0.5, 0.6) is 0 Å². The zero-order valence-electron chi connectivity index (χ0n) is 16.0. The van der Waals surface area contributed by atoms with Crippen LogP contribution in [0.25, 0.3) is 0 Å². The molecule has 3 heteroatoms. The lowest BCUT2D eigenvalue weighted by Crippen LogP contribution is -2.47. The summed E-state index contributed by atoms with van der Waals surface area (Å²) in [7, 11) is 0. The van der Waals surface area contributed by atoms with E-state index < -0.39 is 5.54 Å². The Hall–Kier alpha value is -0.800. The van der Waals surface area contributed by atoms with E-state index in [-0.39, 0.29) is 5.78 Å². The standard InChI is InChI=1S/C21H35NOS/c1-5-7-9-10-11-16-22-21(3,4)20(23)18-12-14-19(15-13-18)24-17-8-6-2/h12-15,22H,5-11,16-17H2,1-4H3. The smallest absolute Gasteiger partial charge is 0.182 e. The minimum Gasteiger partial charge on any atom is -0.305 e. The van der Waals surface area contributed by atoms with Gasteiger partial charge in [0.05, 0.1) is 5.54 Å². The van der Waals surface area contributed by atoms with Gasteiger partial charge in [-0.05, 0) is 51.1 Å². The van der Waals surface area contributed by atoms with Crippen molar-refractivity contribution in [3.8, 4) is 0 Å². The van der Waals surface area contributed by atoms with Crippen LogP contribution in [-0.2, 0) is 0 Å². The van der Waals surface area contributed by atoms with Crippen molar-refractivity contribution in [2.24, 2.45) is 0 Å². The average Bonchev–Trinajstić information content (AvgIpc) is 2.58. The SMILES string of the molecule is CCCCCCCNC(C)(C)C(=O)c1ccc(SCCCC)cc1. The molecule has 0 aliphatic rings. The molecule has 0 saturated carbocycles. The first kappa shape index (κ1) is 21.2. The van der Waals surface area contributed by atoms with Crippen molar-refractivity contribution in [3.63, 3.8) is 0 Å². The van der Waals surface area contributed by atoms with Gasteiger partial charge in [0.25, 0.3) is 0 Å². The van der Waals surface area contributed by atoms with E-state index in [0.717, 1.165) is 24.3 Å². The summed E-state index contributed by atoms with van der Waals surface area (Å²) in [6, 6.07) is 8.10. The number of hydrogen-bond donors (Lipinski definition) is 1. The maximum atomic E-state index is 12.7. The largest absolute Gasteiger partial charge is 0.305 e. The Balaban J connectivity index is 2.45. The lowest BCUT2D eigenvalue weighted by molar-refractivity contribution is 0.0882. The van der Waals surface area contributed by atoms with Crippen molar-refractivity contribution in [2.45, 2.75) is 83.1 Å². The van der Waals surface area contributed by atoms with Crippen LogP contribution in [0.3, 0.4) is 0 Å². The van der Waals surface area contributed by atoms with E-state index in [2.05, 4.69) is 31.3 Å². The first-order valence-electron chi connectivity index (χ1n) is 9.54. The highest BCUT2D eigenvalue weighted by Crippen LogP contribution is 2.21. The van der Waals surface area contributed by atoms with Gasteiger partial charge in [-0.2, -0.15) is 0 Å². The third-order valence-corrected chi connectivity index (χ3v) is 5.40. The first-order valence-corrected chi connectivity index (χ1v) is 10.5. The normalized spacial score (nSPS) is 11.7. The molecule has 136 valence electrons. The third kappa shape index (κ3) is 7.85. The fourth-order valence-corrected chi connectivity index (χ4v) is 3.60. The van der Waals surface area contributed by atoms with E-state index in [1.54, 1.807) is 0 Å². The number of rotatable bonds is 13. The number of carbonyl (C=O) groups is 1. The molecule has 1 rings (SSSR count). The number of unbranched alkanes of at least 4 members (excludes halogenated alkanes) is 5. The molecule has 0 amide bonds. The van der Waals surface area contributed by atoms with Crippen molar-refractivity contribution in [1.29, 1.82) is 0 Å². The van der Waals surface area contributed by atoms with Gasteiger partial charge < -0.3 is 5.32 Å². The fraction of sp³-hybridized carbons (Fsp3) is 0.667. The van der Waals surface area contributed by atoms with Crippen molar-refractivity contribution in [1.82, 2.24) is 5.32 Å². The third-order valence-electron chi connectivity index (χ3n) is 4.30. The van der Waals surface area contributed by atoms with Gasteiger partial charge in [-0.3, -0.25) is 4.79 Å². The second-order valence-electron chi connectivity index (χ2n) is 7.02. The Morgan fingerprint density at radius 3 is 2.21 bits per heavy atom. The second kappa shape index (κ2) is 11.7. The van der Waals surface area contributed by atoms with Crippen molar-refractivity contribution in [2.75, 3.05) is 12.3 Å². The van der Waals surface area contributed by atoms with E-state index in [9.17, 15) is 4.79 Å². The molecule has 0 unspecified atom stereocenters. The molecule has 0 atom stereocenters. The van der Waals surface area contributed by atoms with Crippen LogP contribution in [-0.4, -0.2) is 23.6 Å². The molecule has 0 saturated heterocycles. The number of Topliss-reactive ketones (excluding diaryl/α,β-unsaturated/α-hetero) is 1. The van der Waals surface area contributed by atoms with Crippen molar-refractivity contribution < 1.29 is 4.79 Å². The first-order chi connectivity index (χ1) is 11.5. The maximum Gasteiger partial charge on any atom is 0.182 e. The van der Waals surface area contributed by atoms with E-state index in [1.165, 1.54) is 43.4 Å². The lowest BCUT2D eigenvalue weighted by Gasteiger charge is -2.25. The molecule has 0 aliphatic heterocycles. The maximum absolute atomic E-state index is 12.7. The lowest BCUT2D eigenvalue weighted by atomic mass is 9.93. The number of benzene rings is 1. The molecule has 0 spiro atoms. The van der Waals surface area contributed by atoms with Gasteiger partial charge in [0.2, 0.25) is 0 Å². The summed E-state index contributed by atoms with van der Waals surface area (Å²) >= 11 is 1.87. The summed E-state index contributed by atoms with van der Waals surface area (Å²) < 4.78 is 0. The van der Waals surface area contributed by atoms with Crippen LogP contribution in [0.2, 0.25) is 0 Å².